The molecule has 2 aromatic rings. The van der Waals surface area contributed by atoms with Gasteiger partial charge in [0.1, 0.15) is 18.7 Å². The van der Waals surface area contributed by atoms with Gasteiger partial charge in [-0.2, -0.15) is 10.2 Å². The first-order valence-electron chi connectivity index (χ1n) is 7.51. The van der Waals surface area contributed by atoms with Crippen LogP contribution in [0.2, 0.25) is 0 Å². The van der Waals surface area contributed by atoms with E-state index in [1.54, 1.807) is 6.33 Å². The summed E-state index contributed by atoms with van der Waals surface area (Å²) in [6.45, 7) is 12.2. The summed E-state index contributed by atoms with van der Waals surface area (Å²) in [5.74, 6) is 1.50. The highest BCUT2D eigenvalue weighted by molar-refractivity contribution is 5.28. The number of aromatic nitrogens is 5. The molecule has 0 aromatic carbocycles. The molecule has 2 heterocycles. The zero-order chi connectivity index (χ0) is 15.6. The van der Waals surface area contributed by atoms with Crippen molar-refractivity contribution in [1.29, 1.82) is 0 Å². The van der Waals surface area contributed by atoms with Gasteiger partial charge in [0.05, 0.1) is 5.69 Å². The number of nitrogens with zero attached hydrogens (tertiary/aromatic N) is 5. The number of nitrogens with one attached hydrogen (secondary N) is 1. The van der Waals surface area contributed by atoms with Crippen molar-refractivity contribution >= 4 is 0 Å². The number of aryl methyl sites for hydroxylation is 1. The van der Waals surface area contributed by atoms with Gasteiger partial charge in [-0.05, 0) is 33.7 Å². The van der Waals surface area contributed by atoms with E-state index in [1.165, 1.54) is 11.3 Å². The summed E-state index contributed by atoms with van der Waals surface area (Å²) in [7, 11) is 1.97. The summed E-state index contributed by atoms with van der Waals surface area (Å²) in [6, 6.07) is 0.298. The van der Waals surface area contributed by atoms with E-state index in [9.17, 15) is 0 Å². The van der Waals surface area contributed by atoms with Crippen LogP contribution in [-0.4, -0.2) is 31.6 Å². The summed E-state index contributed by atoms with van der Waals surface area (Å²) < 4.78 is 4.00. The monoisotopic (exact) mass is 290 g/mol. The standard InChI is InChI=1S/C15H26N6/c1-10(2)7-21-14(17-9-18-21)8-20-13(5)15(11(3)16-6)12(4)19-20/h9-11,16H,7-8H2,1-6H3. The molecule has 0 aliphatic rings. The molecule has 0 fully saturated rings. The van der Waals surface area contributed by atoms with Crippen LogP contribution >= 0.6 is 0 Å². The molecule has 1 N–H and O–H groups in total. The summed E-state index contributed by atoms with van der Waals surface area (Å²) in [5.41, 5.74) is 3.53. The Balaban J connectivity index is 2.27. The molecule has 0 amide bonds. The van der Waals surface area contributed by atoms with Gasteiger partial charge < -0.3 is 5.32 Å². The molecule has 2 rings (SSSR count). The lowest BCUT2D eigenvalue weighted by Gasteiger charge is -2.12. The first-order valence-corrected chi connectivity index (χ1v) is 7.51. The van der Waals surface area contributed by atoms with Gasteiger partial charge in [0, 0.05) is 23.8 Å². The quantitative estimate of drug-likeness (QED) is 0.885. The summed E-state index contributed by atoms with van der Waals surface area (Å²) in [6.07, 6.45) is 1.63. The maximum absolute atomic E-state index is 4.67. The minimum Gasteiger partial charge on any atom is -0.313 e. The maximum Gasteiger partial charge on any atom is 0.148 e. The fourth-order valence-electron chi connectivity index (χ4n) is 2.68. The van der Waals surface area contributed by atoms with E-state index in [4.69, 9.17) is 0 Å². The molecule has 6 heteroatoms. The molecule has 0 radical (unpaired) electrons. The van der Waals surface area contributed by atoms with Gasteiger partial charge in [-0.1, -0.05) is 13.8 Å². The molecular formula is C15H26N6. The van der Waals surface area contributed by atoms with Gasteiger partial charge in [-0.25, -0.2) is 9.67 Å². The van der Waals surface area contributed by atoms with E-state index in [0.29, 0.717) is 18.5 Å². The minimum absolute atomic E-state index is 0.298. The Morgan fingerprint density at radius 1 is 1.19 bits per heavy atom. The van der Waals surface area contributed by atoms with Gasteiger partial charge in [0.15, 0.2) is 0 Å². The molecule has 0 saturated heterocycles. The Labute approximate surface area is 126 Å². The van der Waals surface area contributed by atoms with Gasteiger partial charge in [-0.15, -0.1) is 0 Å². The molecule has 0 saturated carbocycles. The molecule has 0 aliphatic carbocycles. The highest BCUT2D eigenvalue weighted by Gasteiger charge is 2.17. The summed E-state index contributed by atoms with van der Waals surface area (Å²) in [5, 5.41) is 12.3. The third-order valence-corrected chi connectivity index (χ3v) is 3.83. The van der Waals surface area contributed by atoms with Crippen LogP contribution in [0.15, 0.2) is 6.33 Å². The normalized spacial score (nSPS) is 13.1. The largest absolute Gasteiger partial charge is 0.313 e. The zero-order valence-electron chi connectivity index (χ0n) is 13.9. The Morgan fingerprint density at radius 3 is 2.52 bits per heavy atom. The van der Waals surface area contributed by atoms with Crippen molar-refractivity contribution in [2.75, 3.05) is 7.05 Å². The van der Waals surface area contributed by atoms with Crippen molar-refractivity contribution in [1.82, 2.24) is 29.9 Å². The van der Waals surface area contributed by atoms with E-state index in [-0.39, 0.29) is 0 Å². The van der Waals surface area contributed by atoms with Crippen LogP contribution in [0, 0.1) is 19.8 Å². The molecule has 6 nitrogen and oxygen atoms in total. The highest BCUT2D eigenvalue weighted by atomic mass is 15.4. The predicted octanol–water partition coefficient (Wildman–Crippen LogP) is 2.08. The van der Waals surface area contributed by atoms with Crippen molar-refractivity contribution in [2.24, 2.45) is 5.92 Å². The first-order chi connectivity index (χ1) is 9.93. The topological polar surface area (TPSA) is 60.6 Å². The number of rotatable bonds is 6. The highest BCUT2D eigenvalue weighted by Crippen LogP contribution is 2.21. The van der Waals surface area contributed by atoms with E-state index < -0.39 is 0 Å². The fourth-order valence-corrected chi connectivity index (χ4v) is 2.68. The summed E-state index contributed by atoms with van der Waals surface area (Å²) in [4.78, 5) is 4.38. The van der Waals surface area contributed by atoms with Crippen LogP contribution in [0.1, 0.15) is 49.6 Å². The minimum atomic E-state index is 0.298. The maximum atomic E-state index is 4.67. The molecule has 1 unspecified atom stereocenters. The Hall–Kier alpha value is -1.69. The number of hydrogen-bond donors (Lipinski definition) is 1. The molecule has 1 atom stereocenters. The second kappa shape index (κ2) is 6.39. The van der Waals surface area contributed by atoms with Gasteiger partial charge in [-0.3, -0.25) is 4.68 Å². The lowest BCUT2D eigenvalue weighted by atomic mass is 10.1. The average Bonchev–Trinajstić information content (AvgIpc) is 2.94. The van der Waals surface area contributed by atoms with Gasteiger partial charge in [0.25, 0.3) is 0 Å². The molecule has 21 heavy (non-hydrogen) atoms. The van der Waals surface area contributed by atoms with Crippen LogP contribution < -0.4 is 5.32 Å². The first kappa shape index (κ1) is 15.7. The van der Waals surface area contributed by atoms with Gasteiger partial charge in [0.2, 0.25) is 0 Å². The molecular weight excluding hydrogens is 264 g/mol. The average molecular weight is 290 g/mol. The third kappa shape index (κ3) is 3.32. The lowest BCUT2D eigenvalue weighted by molar-refractivity contribution is 0.455. The van der Waals surface area contributed by atoms with E-state index in [0.717, 1.165) is 18.1 Å². The van der Waals surface area contributed by atoms with Crippen molar-refractivity contribution < 1.29 is 0 Å². The Morgan fingerprint density at radius 2 is 1.90 bits per heavy atom. The van der Waals surface area contributed by atoms with Crippen molar-refractivity contribution in [2.45, 2.75) is 53.8 Å². The second-order valence-corrected chi connectivity index (χ2v) is 6.00. The smallest absolute Gasteiger partial charge is 0.148 e. The van der Waals surface area contributed by atoms with E-state index in [1.807, 2.05) is 16.4 Å². The van der Waals surface area contributed by atoms with Crippen LogP contribution in [0.25, 0.3) is 0 Å². The lowest BCUT2D eigenvalue weighted by Crippen LogP contribution is -2.16. The van der Waals surface area contributed by atoms with Gasteiger partial charge >= 0.3 is 0 Å². The van der Waals surface area contributed by atoms with Crippen molar-refractivity contribution in [3.8, 4) is 0 Å². The van der Waals surface area contributed by atoms with E-state index in [2.05, 4.69) is 55.1 Å². The van der Waals surface area contributed by atoms with Crippen LogP contribution in [-0.2, 0) is 13.1 Å². The fraction of sp³-hybridized carbons (Fsp3) is 0.667. The molecule has 0 spiro atoms. The Bertz CT molecular complexity index is 595. The second-order valence-electron chi connectivity index (χ2n) is 6.00. The van der Waals surface area contributed by atoms with Crippen molar-refractivity contribution in [3.05, 3.63) is 29.1 Å². The Kier molecular flexibility index (Phi) is 4.77. The van der Waals surface area contributed by atoms with Crippen LogP contribution in [0.4, 0.5) is 0 Å². The summed E-state index contributed by atoms with van der Waals surface area (Å²) >= 11 is 0. The molecule has 0 bridgehead atoms. The number of hydrogen-bond acceptors (Lipinski definition) is 4. The van der Waals surface area contributed by atoms with Crippen molar-refractivity contribution in [3.63, 3.8) is 0 Å². The van der Waals surface area contributed by atoms with Crippen LogP contribution in [0.3, 0.4) is 0 Å². The molecule has 116 valence electrons. The third-order valence-electron chi connectivity index (χ3n) is 3.83. The SMILES string of the molecule is CNC(C)c1c(C)nn(Cc2ncnn2CC(C)C)c1C. The van der Waals surface area contributed by atoms with Crippen LogP contribution in [0.5, 0.6) is 0 Å². The predicted molar refractivity (Wildman–Crippen MR) is 83.1 cm³/mol. The zero-order valence-corrected chi connectivity index (χ0v) is 13.9. The molecule has 2 aromatic heterocycles. The molecule has 0 aliphatic heterocycles. The van der Waals surface area contributed by atoms with E-state index >= 15 is 0 Å².